The number of nitrogens with one attached hydrogen (secondary N) is 2. The van der Waals surface area contributed by atoms with Crippen LogP contribution in [0.5, 0.6) is 0 Å². The lowest BCUT2D eigenvalue weighted by Gasteiger charge is -2.31. The Kier molecular flexibility index (Phi) is 8.87. The predicted molar refractivity (Wildman–Crippen MR) is 129 cm³/mol. The predicted octanol–water partition coefficient (Wildman–Crippen LogP) is 3.16. The summed E-state index contributed by atoms with van der Waals surface area (Å²) >= 11 is 0. The second kappa shape index (κ2) is 11.2. The van der Waals surface area contributed by atoms with E-state index in [9.17, 15) is 23.0 Å². The molecule has 178 valence electrons. The van der Waals surface area contributed by atoms with Gasteiger partial charge < -0.3 is 10.6 Å². The minimum atomic E-state index is -1.82. The first-order valence-electron chi connectivity index (χ1n) is 10.5. The Hall–Kier alpha value is -3.07. The van der Waals surface area contributed by atoms with Crippen molar-refractivity contribution in [3.05, 3.63) is 59.9 Å². The van der Waals surface area contributed by atoms with Gasteiger partial charge in [-0.05, 0) is 76.6 Å². The molecule has 2 aromatic carbocycles. The first-order chi connectivity index (χ1) is 15.4. The van der Waals surface area contributed by atoms with Gasteiger partial charge in [-0.1, -0.05) is 12.1 Å². The SMILES string of the molecule is Cc1cccc(N(C(=O)CS(=O)CC(=O)Nc2ccc(F)cc2)C(C)C(=O)NC(C)(C)C)c1. The summed E-state index contributed by atoms with van der Waals surface area (Å²) in [5.74, 6) is -2.73. The lowest BCUT2D eigenvalue weighted by Crippen LogP contribution is -2.53. The molecule has 2 N–H and O–H groups in total. The van der Waals surface area contributed by atoms with Crippen LogP contribution in [0, 0.1) is 12.7 Å². The van der Waals surface area contributed by atoms with Gasteiger partial charge in [0.15, 0.2) is 0 Å². The van der Waals surface area contributed by atoms with Crippen LogP contribution in [0.1, 0.15) is 33.3 Å². The van der Waals surface area contributed by atoms with Gasteiger partial charge in [0.05, 0.1) is 0 Å². The maximum atomic E-state index is 13.1. The summed E-state index contributed by atoms with van der Waals surface area (Å²) in [4.78, 5) is 39.4. The molecule has 0 aliphatic carbocycles. The summed E-state index contributed by atoms with van der Waals surface area (Å²) in [6.45, 7) is 8.98. The molecule has 0 spiro atoms. The lowest BCUT2D eigenvalue weighted by molar-refractivity contribution is -0.126. The molecule has 0 fully saturated rings. The van der Waals surface area contributed by atoms with Gasteiger partial charge in [0.25, 0.3) is 0 Å². The molecule has 0 bridgehead atoms. The van der Waals surface area contributed by atoms with E-state index in [0.717, 1.165) is 5.56 Å². The number of carbonyl (C=O) groups is 3. The number of rotatable bonds is 8. The normalized spacial score (nSPS) is 13.0. The van der Waals surface area contributed by atoms with E-state index < -0.39 is 51.5 Å². The Bertz CT molecular complexity index is 1030. The van der Waals surface area contributed by atoms with Crippen LogP contribution in [-0.4, -0.2) is 45.0 Å². The van der Waals surface area contributed by atoms with Crippen LogP contribution in [0.15, 0.2) is 48.5 Å². The summed E-state index contributed by atoms with van der Waals surface area (Å²) in [6, 6.07) is 11.4. The first-order valence-corrected chi connectivity index (χ1v) is 12.0. The second-order valence-corrected chi connectivity index (χ2v) is 10.3. The molecule has 0 saturated heterocycles. The van der Waals surface area contributed by atoms with Gasteiger partial charge in [0, 0.05) is 27.7 Å². The van der Waals surface area contributed by atoms with Crippen LogP contribution >= 0.6 is 0 Å². The summed E-state index contributed by atoms with van der Waals surface area (Å²) < 4.78 is 25.6. The average molecular weight is 476 g/mol. The zero-order valence-corrected chi connectivity index (χ0v) is 20.3. The summed E-state index contributed by atoms with van der Waals surface area (Å²) in [7, 11) is -1.82. The van der Waals surface area contributed by atoms with Gasteiger partial charge in [0.1, 0.15) is 23.4 Å². The van der Waals surface area contributed by atoms with Gasteiger partial charge in [-0.2, -0.15) is 0 Å². The molecule has 0 saturated carbocycles. The Morgan fingerprint density at radius 3 is 2.27 bits per heavy atom. The monoisotopic (exact) mass is 475 g/mol. The van der Waals surface area contributed by atoms with Crippen LogP contribution in [0.3, 0.4) is 0 Å². The van der Waals surface area contributed by atoms with Gasteiger partial charge in [-0.25, -0.2) is 4.39 Å². The summed E-state index contributed by atoms with van der Waals surface area (Å²) in [5.41, 5.74) is 1.27. The number of halogens is 1. The Morgan fingerprint density at radius 2 is 1.70 bits per heavy atom. The van der Waals surface area contributed by atoms with Gasteiger partial charge in [0.2, 0.25) is 17.7 Å². The van der Waals surface area contributed by atoms with Crippen LogP contribution in [-0.2, 0) is 25.2 Å². The van der Waals surface area contributed by atoms with Crippen molar-refractivity contribution in [2.45, 2.75) is 46.2 Å². The molecule has 33 heavy (non-hydrogen) atoms. The number of carbonyl (C=O) groups excluding carboxylic acids is 3. The fraction of sp³-hybridized carbons (Fsp3) is 0.375. The zero-order chi connectivity index (χ0) is 24.8. The molecule has 2 aromatic rings. The number of nitrogens with zero attached hydrogens (tertiary/aromatic N) is 1. The Balaban J connectivity index is 2.13. The lowest BCUT2D eigenvalue weighted by atomic mass is 10.1. The summed E-state index contributed by atoms with van der Waals surface area (Å²) in [6.07, 6.45) is 0. The molecule has 2 unspecified atom stereocenters. The van der Waals surface area contributed by atoms with Crippen molar-refractivity contribution < 1.29 is 23.0 Å². The van der Waals surface area contributed by atoms with Gasteiger partial charge >= 0.3 is 0 Å². The fourth-order valence-corrected chi connectivity index (χ4v) is 3.97. The van der Waals surface area contributed by atoms with E-state index in [0.29, 0.717) is 11.4 Å². The molecule has 2 atom stereocenters. The number of benzene rings is 2. The highest BCUT2D eigenvalue weighted by atomic mass is 32.2. The van der Waals surface area contributed by atoms with Crippen LogP contribution in [0.2, 0.25) is 0 Å². The third-order valence-electron chi connectivity index (χ3n) is 4.52. The highest BCUT2D eigenvalue weighted by Crippen LogP contribution is 2.20. The van der Waals surface area contributed by atoms with Crippen molar-refractivity contribution in [3.8, 4) is 0 Å². The molecular weight excluding hydrogens is 445 g/mol. The van der Waals surface area contributed by atoms with Crippen LogP contribution in [0.25, 0.3) is 0 Å². The van der Waals surface area contributed by atoms with E-state index in [2.05, 4.69) is 10.6 Å². The molecule has 0 heterocycles. The first kappa shape index (κ1) is 26.2. The smallest absolute Gasteiger partial charge is 0.243 e. The van der Waals surface area contributed by atoms with E-state index in [1.165, 1.54) is 29.2 Å². The van der Waals surface area contributed by atoms with Crippen molar-refractivity contribution >= 4 is 39.9 Å². The van der Waals surface area contributed by atoms with Gasteiger partial charge in [-0.3, -0.25) is 23.5 Å². The minimum Gasteiger partial charge on any atom is -0.350 e. The molecular formula is C24H30FN3O4S. The van der Waals surface area contributed by atoms with Crippen molar-refractivity contribution in [2.75, 3.05) is 21.7 Å². The number of amides is 3. The van der Waals surface area contributed by atoms with Crippen molar-refractivity contribution in [3.63, 3.8) is 0 Å². The van der Waals surface area contributed by atoms with E-state index in [1.54, 1.807) is 25.1 Å². The van der Waals surface area contributed by atoms with Crippen molar-refractivity contribution in [1.29, 1.82) is 0 Å². The third-order valence-corrected chi connectivity index (χ3v) is 5.67. The van der Waals surface area contributed by atoms with Crippen LogP contribution in [0.4, 0.5) is 15.8 Å². The number of hydrogen-bond acceptors (Lipinski definition) is 4. The quantitative estimate of drug-likeness (QED) is 0.613. The highest BCUT2D eigenvalue weighted by molar-refractivity contribution is 7.86. The number of anilines is 2. The molecule has 7 nitrogen and oxygen atoms in total. The molecule has 0 aliphatic heterocycles. The molecule has 0 aromatic heterocycles. The number of hydrogen-bond donors (Lipinski definition) is 2. The van der Waals surface area contributed by atoms with Crippen molar-refractivity contribution in [1.82, 2.24) is 5.32 Å². The van der Waals surface area contributed by atoms with Gasteiger partial charge in [-0.15, -0.1) is 0 Å². The largest absolute Gasteiger partial charge is 0.350 e. The average Bonchev–Trinajstić information content (AvgIpc) is 2.68. The van der Waals surface area contributed by atoms with E-state index >= 15 is 0 Å². The maximum Gasteiger partial charge on any atom is 0.243 e. The molecule has 2 rings (SSSR count). The second-order valence-electron chi connectivity index (χ2n) is 8.80. The molecule has 0 aliphatic rings. The molecule has 9 heteroatoms. The van der Waals surface area contributed by atoms with Crippen LogP contribution < -0.4 is 15.5 Å². The Morgan fingerprint density at radius 1 is 1.06 bits per heavy atom. The Labute approximate surface area is 196 Å². The topological polar surface area (TPSA) is 95.6 Å². The molecule has 3 amide bonds. The zero-order valence-electron chi connectivity index (χ0n) is 19.5. The van der Waals surface area contributed by atoms with Crippen molar-refractivity contribution in [2.24, 2.45) is 0 Å². The van der Waals surface area contributed by atoms with E-state index in [1.807, 2.05) is 33.8 Å². The highest BCUT2D eigenvalue weighted by Gasteiger charge is 2.30. The fourth-order valence-electron chi connectivity index (χ4n) is 3.09. The minimum absolute atomic E-state index is 0.350. The maximum absolute atomic E-state index is 13.1. The molecule has 0 radical (unpaired) electrons. The standard InChI is InChI=1S/C24H30FN3O4S/c1-16-7-6-8-20(13-16)28(17(2)23(31)27-24(3,4)5)22(30)15-33(32)14-21(29)26-19-11-9-18(25)10-12-19/h6-13,17H,14-15H2,1-5H3,(H,26,29)(H,27,31). The van der Waals surface area contributed by atoms with E-state index in [-0.39, 0.29) is 5.91 Å². The summed E-state index contributed by atoms with van der Waals surface area (Å²) in [5, 5.41) is 5.38. The third kappa shape index (κ3) is 8.42. The number of aryl methyl sites for hydroxylation is 1. The van der Waals surface area contributed by atoms with E-state index in [4.69, 9.17) is 0 Å².